The first-order valence-electron chi connectivity index (χ1n) is 19.2. The van der Waals surface area contributed by atoms with Crippen LogP contribution >= 0.6 is 0 Å². The van der Waals surface area contributed by atoms with Crippen molar-refractivity contribution in [3.05, 3.63) is 89.5 Å². The monoisotopic (exact) mass is 640 g/mol. The van der Waals surface area contributed by atoms with Gasteiger partial charge in [0.15, 0.2) is 0 Å². The smallest absolute Gasteiger partial charge is 0.343 e. The van der Waals surface area contributed by atoms with E-state index >= 15 is 0 Å². The van der Waals surface area contributed by atoms with E-state index in [9.17, 15) is 4.79 Å². The maximum Gasteiger partial charge on any atom is 0.343 e. The Morgan fingerprint density at radius 2 is 0.979 bits per heavy atom. The predicted octanol–water partition coefficient (Wildman–Crippen LogP) is 13.6. The Balaban J connectivity index is 1.24. The van der Waals surface area contributed by atoms with E-state index < -0.39 is 0 Å². The van der Waals surface area contributed by atoms with Gasteiger partial charge < -0.3 is 9.47 Å². The van der Waals surface area contributed by atoms with Gasteiger partial charge in [0.2, 0.25) is 0 Å². The number of carbonyl (C=O) groups excluding carboxylic acids is 1. The molecular weight excluding hydrogens is 576 g/mol. The van der Waals surface area contributed by atoms with Crippen LogP contribution in [0.5, 0.6) is 5.75 Å². The highest BCUT2D eigenvalue weighted by molar-refractivity contribution is 5.91. The van der Waals surface area contributed by atoms with Crippen LogP contribution in [-0.4, -0.2) is 12.6 Å². The molecule has 0 aliphatic heterocycles. The van der Waals surface area contributed by atoms with Crippen molar-refractivity contribution in [2.24, 2.45) is 0 Å². The van der Waals surface area contributed by atoms with Crippen molar-refractivity contribution in [2.45, 2.75) is 155 Å². The molecule has 3 rings (SSSR count). The van der Waals surface area contributed by atoms with Gasteiger partial charge in [-0.3, -0.25) is 0 Å². The summed E-state index contributed by atoms with van der Waals surface area (Å²) in [5.41, 5.74) is 5.29. The highest BCUT2D eigenvalue weighted by Crippen LogP contribution is 2.25. The van der Waals surface area contributed by atoms with Gasteiger partial charge in [0.05, 0.1) is 11.7 Å². The SMILES string of the molecule is CCCCCCCCCCCCCCCCCCOC(C)c1ccc(C(=O)Oc2ccc(-c3ccc(CCCCC)cc3)cc2)cc1. The quantitative estimate of drug-likeness (QED) is 0.0497. The molecule has 0 fully saturated rings. The van der Waals surface area contributed by atoms with Crippen molar-refractivity contribution in [3.8, 4) is 16.9 Å². The van der Waals surface area contributed by atoms with E-state index in [1.807, 2.05) is 48.5 Å². The lowest BCUT2D eigenvalue weighted by molar-refractivity contribution is 0.0626. The van der Waals surface area contributed by atoms with Gasteiger partial charge in [0.25, 0.3) is 0 Å². The molecule has 0 saturated heterocycles. The Morgan fingerprint density at radius 3 is 1.49 bits per heavy atom. The Bertz CT molecular complexity index is 1200. The van der Waals surface area contributed by atoms with Crippen LogP contribution in [0.15, 0.2) is 72.8 Å². The number of aryl methyl sites for hydroxylation is 1. The van der Waals surface area contributed by atoms with Gasteiger partial charge >= 0.3 is 5.97 Å². The third-order valence-electron chi connectivity index (χ3n) is 9.40. The van der Waals surface area contributed by atoms with E-state index in [0.717, 1.165) is 30.6 Å². The zero-order valence-corrected chi connectivity index (χ0v) is 30.1. The van der Waals surface area contributed by atoms with Gasteiger partial charge in [-0.2, -0.15) is 0 Å². The van der Waals surface area contributed by atoms with Gasteiger partial charge in [0.1, 0.15) is 5.75 Å². The molecule has 0 saturated carbocycles. The van der Waals surface area contributed by atoms with Crippen molar-refractivity contribution in [2.75, 3.05) is 6.61 Å². The number of esters is 1. The molecule has 0 spiro atoms. The molecule has 0 amide bonds. The molecule has 258 valence electrons. The predicted molar refractivity (Wildman–Crippen MR) is 200 cm³/mol. The fourth-order valence-corrected chi connectivity index (χ4v) is 6.22. The van der Waals surface area contributed by atoms with Crippen LogP contribution in [0.2, 0.25) is 0 Å². The number of benzene rings is 3. The van der Waals surface area contributed by atoms with Crippen LogP contribution in [0.25, 0.3) is 11.1 Å². The van der Waals surface area contributed by atoms with E-state index in [-0.39, 0.29) is 12.1 Å². The second kappa shape index (κ2) is 24.3. The Hall–Kier alpha value is -2.91. The Kier molecular flexibility index (Phi) is 19.9. The highest BCUT2D eigenvalue weighted by Gasteiger charge is 2.11. The third kappa shape index (κ3) is 16.2. The lowest BCUT2D eigenvalue weighted by Gasteiger charge is -2.14. The summed E-state index contributed by atoms with van der Waals surface area (Å²) in [5, 5.41) is 0. The molecule has 3 nitrogen and oxygen atoms in total. The van der Waals surface area contributed by atoms with Crippen LogP contribution in [0, 0.1) is 0 Å². The number of hydrogen-bond acceptors (Lipinski definition) is 3. The highest BCUT2D eigenvalue weighted by atomic mass is 16.5. The topological polar surface area (TPSA) is 35.5 Å². The summed E-state index contributed by atoms with van der Waals surface area (Å²) < 4.78 is 11.8. The van der Waals surface area contributed by atoms with E-state index in [1.54, 1.807) is 0 Å². The second-order valence-corrected chi connectivity index (χ2v) is 13.5. The molecule has 0 aromatic heterocycles. The normalized spacial score (nSPS) is 11.9. The number of ether oxygens (including phenoxy) is 2. The van der Waals surface area contributed by atoms with E-state index in [2.05, 4.69) is 45.0 Å². The summed E-state index contributed by atoms with van der Waals surface area (Å²) in [5.74, 6) is 0.206. The molecule has 47 heavy (non-hydrogen) atoms. The molecule has 0 radical (unpaired) electrons. The first-order chi connectivity index (χ1) is 23.1. The van der Waals surface area contributed by atoms with Crippen LogP contribution < -0.4 is 4.74 Å². The van der Waals surface area contributed by atoms with Crippen molar-refractivity contribution < 1.29 is 14.3 Å². The molecular formula is C44H64O3. The Morgan fingerprint density at radius 1 is 0.532 bits per heavy atom. The zero-order valence-electron chi connectivity index (χ0n) is 30.1. The van der Waals surface area contributed by atoms with Crippen molar-refractivity contribution >= 4 is 5.97 Å². The molecule has 0 aliphatic carbocycles. The molecule has 3 aromatic rings. The first-order valence-corrected chi connectivity index (χ1v) is 19.2. The number of carbonyl (C=O) groups is 1. The average Bonchev–Trinajstić information content (AvgIpc) is 3.10. The number of hydrogen-bond donors (Lipinski definition) is 0. The molecule has 0 bridgehead atoms. The number of rotatable bonds is 26. The summed E-state index contributed by atoms with van der Waals surface area (Å²) in [6, 6.07) is 24.2. The summed E-state index contributed by atoms with van der Waals surface area (Å²) in [7, 11) is 0. The minimum Gasteiger partial charge on any atom is -0.423 e. The molecule has 3 heteroatoms. The lowest BCUT2D eigenvalue weighted by Crippen LogP contribution is -2.09. The minimum absolute atomic E-state index is 0.00867. The molecule has 1 atom stereocenters. The van der Waals surface area contributed by atoms with Gasteiger partial charge in [-0.15, -0.1) is 0 Å². The van der Waals surface area contributed by atoms with Crippen molar-refractivity contribution in [1.29, 1.82) is 0 Å². The second-order valence-electron chi connectivity index (χ2n) is 13.5. The average molecular weight is 641 g/mol. The third-order valence-corrected chi connectivity index (χ3v) is 9.40. The molecule has 1 unspecified atom stereocenters. The standard InChI is InChI=1S/C44H64O3/c1-4-6-8-9-10-11-12-13-14-15-16-17-18-19-20-22-36-46-37(3)39-28-30-42(31-29-39)44(45)47-43-34-32-41(33-35-43)40-26-24-38(25-27-40)23-21-7-5-2/h24-35,37H,4-23,36H2,1-3H3. The molecule has 3 aromatic carbocycles. The van der Waals surface area contributed by atoms with Gasteiger partial charge in [0, 0.05) is 6.61 Å². The lowest BCUT2D eigenvalue weighted by atomic mass is 10.0. The fraction of sp³-hybridized carbons (Fsp3) is 0.568. The van der Waals surface area contributed by atoms with Crippen molar-refractivity contribution in [3.63, 3.8) is 0 Å². The fourth-order valence-electron chi connectivity index (χ4n) is 6.22. The zero-order chi connectivity index (χ0) is 33.4. The van der Waals surface area contributed by atoms with Crippen LogP contribution in [0.1, 0.15) is 170 Å². The van der Waals surface area contributed by atoms with Crippen LogP contribution in [0.3, 0.4) is 0 Å². The van der Waals surface area contributed by atoms with Gasteiger partial charge in [-0.05, 0) is 72.7 Å². The van der Waals surface area contributed by atoms with E-state index in [4.69, 9.17) is 9.47 Å². The van der Waals surface area contributed by atoms with Crippen LogP contribution in [0.4, 0.5) is 0 Å². The maximum atomic E-state index is 12.8. The first kappa shape index (κ1) is 38.5. The summed E-state index contributed by atoms with van der Waals surface area (Å²) in [6.07, 6.45) is 26.9. The molecule has 0 aliphatic rings. The van der Waals surface area contributed by atoms with Crippen LogP contribution in [-0.2, 0) is 11.2 Å². The molecule has 0 heterocycles. The maximum absolute atomic E-state index is 12.8. The number of unbranched alkanes of at least 4 members (excludes halogenated alkanes) is 17. The van der Waals surface area contributed by atoms with E-state index in [0.29, 0.717) is 11.3 Å². The largest absolute Gasteiger partial charge is 0.423 e. The molecule has 0 N–H and O–H groups in total. The summed E-state index contributed by atoms with van der Waals surface area (Å²) in [6.45, 7) is 7.39. The van der Waals surface area contributed by atoms with E-state index in [1.165, 1.54) is 127 Å². The van der Waals surface area contributed by atoms with Crippen molar-refractivity contribution in [1.82, 2.24) is 0 Å². The minimum atomic E-state index is -0.345. The summed E-state index contributed by atoms with van der Waals surface area (Å²) in [4.78, 5) is 12.8. The van der Waals surface area contributed by atoms with Gasteiger partial charge in [-0.1, -0.05) is 172 Å². The summed E-state index contributed by atoms with van der Waals surface area (Å²) >= 11 is 0. The van der Waals surface area contributed by atoms with Gasteiger partial charge in [-0.25, -0.2) is 4.79 Å². The Labute approximate surface area is 287 Å².